The Morgan fingerprint density at radius 3 is 2.10 bits per heavy atom. The van der Waals surface area contributed by atoms with Gasteiger partial charge in [-0.2, -0.15) is 0 Å². The van der Waals surface area contributed by atoms with Crippen LogP contribution in [0.5, 0.6) is 0 Å². The van der Waals surface area contributed by atoms with E-state index in [1.54, 1.807) is 0 Å². The van der Waals surface area contributed by atoms with Crippen LogP contribution < -0.4 is 5.32 Å². The van der Waals surface area contributed by atoms with Gasteiger partial charge in [-0.3, -0.25) is 0 Å². The van der Waals surface area contributed by atoms with Crippen LogP contribution >= 0.6 is 0 Å². The zero-order valence-electron chi connectivity index (χ0n) is 11.5. The van der Waals surface area contributed by atoms with E-state index in [9.17, 15) is 8.42 Å². The van der Waals surface area contributed by atoms with Gasteiger partial charge in [-0.15, -0.1) is 0 Å². The Morgan fingerprint density at radius 1 is 0.900 bits per heavy atom. The van der Waals surface area contributed by atoms with Crippen molar-refractivity contribution in [1.82, 2.24) is 0 Å². The summed E-state index contributed by atoms with van der Waals surface area (Å²) in [6.45, 7) is 0.664. The molecule has 1 N–H and O–H groups in total. The minimum absolute atomic E-state index is 0.224. The molecular formula is C16H19NO2S. The zero-order chi connectivity index (χ0) is 14.4. The predicted molar refractivity (Wildman–Crippen MR) is 84.7 cm³/mol. The lowest BCUT2D eigenvalue weighted by Crippen LogP contribution is -2.09. The van der Waals surface area contributed by atoms with Gasteiger partial charge in [0.1, 0.15) is 9.84 Å². The number of benzene rings is 2. The predicted octanol–water partition coefficient (Wildman–Crippen LogP) is 3.20. The Balaban J connectivity index is 1.89. The van der Waals surface area contributed by atoms with Gasteiger partial charge < -0.3 is 5.32 Å². The molecule has 4 heteroatoms. The van der Waals surface area contributed by atoms with Crippen molar-refractivity contribution in [3.05, 3.63) is 54.6 Å². The van der Waals surface area contributed by atoms with Crippen LogP contribution in [0, 0.1) is 0 Å². The van der Waals surface area contributed by atoms with E-state index in [0.717, 1.165) is 5.69 Å². The normalized spacial score (nSPS) is 11.2. The second kappa shape index (κ2) is 6.57. The molecule has 0 unspecified atom stereocenters. The minimum Gasteiger partial charge on any atom is -0.385 e. The van der Waals surface area contributed by atoms with Gasteiger partial charge in [-0.05, 0) is 29.7 Å². The summed E-state index contributed by atoms with van der Waals surface area (Å²) in [7, 11) is -2.86. The van der Waals surface area contributed by atoms with E-state index < -0.39 is 9.84 Å². The Kier molecular flexibility index (Phi) is 4.79. The molecule has 0 saturated heterocycles. The van der Waals surface area contributed by atoms with Crippen molar-refractivity contribution in [1.29, 1.82) is 0 Å². The van der Waals surface area contributed by atoms with E-state index >= 15 is 0 Å². The molecule has 0 aromatic heterocycles. The molecule has 0 amide bonds. The summed E-state index contributed by atoms with van der Waals surface area (Å²) in [5, 5.41) is 3.23. The molecule has 0 fully saturated rings. The third-order valence-electron chi connectivity index (χ3n) is 3.01. The molecule has 106 valence electrons. The molecule has 0 radical (unpaired) electrons. The van der Waals surface area contributed by atoms with Crippen LogP contribution in [0.15, 0.2) is 54.6 Å². The first kappa shape index (κ1) is 14.6. The van der Waals surface area contributed by atoms with Crippen molar-refractivity contribution in [2.75, 3.05) is 23.9 Å². The topological polar surface area (TPSA) is 46.2 Å². The maximum absolute atomic E-state index is 11.0. The van der Waals surface area contributed by atoms with Crippen molar-refractivity contribution in [3.8, 4) is 11.1 Å². The first-order chi connectivity index (χ1) is 9.54. The number of hydrogen-bond donors (Lipinski definition) is 1. The molecule has 0 aliphatic rings. The van der Waals surface area contributed by atoms with E-state index in [1.807, 2.05) is 30.3 Å². The minimum atomic E-state index is -2.86. The highest BCUT2D eigenvalue weighted by atomic mass is 32.2. The molecule has 0 heterocycles. The SMILES string of the molecule is CS(=O)(=O)CCCNc1ccc(-c2ccccc2)cc1. The molecule has 2 aromatic carbocycles. The van der Waals surface area contributed by atoms with Gasteiger partial charge in [-0.25, -0.2) is 8.42 Å². The molecule has 0 aliphatic heterocycles. The Labute approximate surface area is 120 Å². The Morgan fingerprint density at radius 2 is 1.50 bits per heavy atom. The molecule has 2 aromatic rings. The lowest BCUT2D eigenvalue weighted by molar-refractivity contribution is 0.600. The fourth-order valence-corrected chi connectivity index (χ4v) is 2.65. The van der Waals surface area contributed by atoms with Gasteiger partial charge in [0.2, 0.25) is 0 Å². The first-order valence-electron chi connectivity index (χ1n) is 6.62. The van der Waals surface area contributed by atoms with Crippen molar-refractivity contribution in [3.63, 3.8) is 0 Å². The number of rotatable bonds is 6. The second-order valence-corrected chi connectivity index (χ2v) is 7.11. The molecule has 3 nitrogen and oxygen atoms in total. The lowest BCUT2D eigenvalue weighted by Gasteiger charge is -2.07. The number of nitrogens with one attached hydrogen (secondary N) is 1. The molecule has 0 aliphatic carbocycles. The third-order valence-corrected chi connectivity index (χ3v) is 4.04. The van der Waals surface area contributed by atoms with E-state index in [4.69, 9.17) is 0 Å². The Hall–Kier alpha value is -1.81. The number of anilines is 1. The standard InChI is InChI=1S/C16H19NO2S/c1-20(18,19)13-5-12-17-16-10-8-15(9-11-16)14-6-3-2-4-7-14/h2-4,6-11,17H,5,12-13H2,1H3. The van der Waals surface area contributed by atoms with Gasteiger partial charge in [0.05, 0.1) is 5.75 Å². The highest BCUT2D eigenvalue weighted by molar-refractivity contribution is 7.90. The lowest BCUT2D eigenvalue weighted by atomic mass is 10.1. The summed E-state index contributed by atoms with van der Waals surface area (Å²) < 4.78 is 22.0. The van der Waals surface area contributed by atoms with Crippen LogP contribution in [0.25, 0.3) is 11.1 Å². The fourth-order valence-electron chi connectivity index (χ4n) is 1.98. The van der Waals surface area contributed by atoms with Crippen LogP contribution in [-0.4, -0.2) is 27.0 Å². The molecule has 20 heavy (non-hydrogen) atoms. The quantitative estimate of drug-likeness (QED) is 0.831. The monoisotopic (exact) mass is 289 g/mol. The van der Waals surface area contributed by atoms with Crippen molar-refractivity contribution >= 4 is 15.5 Å². The van der Waals surface area contributed by atoms with Crippen LogP contribution in [0.3, 0.4) is 0 Å². The number of sulfone groups is 1. The van der Waals surface area contributed by atoms with Gasteiger partial charge in [-0.1, -0.05) is 42.5 Å². The smallest absolute Gasteiger partial charge is 0.147 e. The van der Waals surface area contributed by atoms with Gasteiger partial charge in [0.15, 0.2) is 0 Å². The summed E-state index contributed by atoms with van der Waals surface area (Å²) in [6, 6.07) is 18.4. The highest BCUT2D eigenvalue weighted by Crippen LogP contribution is 2.20. The van der Waals surface area contributed by atoms with E-state index in [-0.39, 0.29) is 5.75 Å². The van der Waals surface area contributed by atoms with Crippen LogP contribution in [0.1, 0.15) is 6.42 Å². The summed E-state index contributed by atoms with van der Waals surface area (Å²) in [6.07, 6.45) is 1.89. The Bertz CT molecular complexity index is 634. The van der Waals surface area contributed by atoms with Crippen molar-refractivity contribution in [2.45, 2.75) is 6.42 Å². The van der Waals surface area contributed by atoms with Crippen LogP contribution in [0.4, 0.5) is 5.69 Å². The summed E-state index contributed by atoms with van der Waals surface area (Å²) >= 11 is 0. The molecule has 0 saturated carbocycles. The first-order valence-corrected chi connectivity index (χ1v) is 8.68. The maximum atomic E-state index is 11.0. The largest absolute Gasteiger partial charge is 0.385 e. The maximum Gasteiger partial charge on any atom is 0.147 e. The van der Waals surface area contributed by atoms with E-state index in [2.05, 4.69) is 29.6 Å². The fraction of sp³-hybridized carbons (Fsp3) is 0.250. The van der Waals surface area contributed by atoms with E-state index in [1.165, 1.54) is 17.4 Å². The summed E-state index contributed by atoms with van der Waals surface area (Å²) in [5.41, 5.74) is 3.38. The second-order valence-electron chi connectivity index (χ2n) is 4.85. The number of hydrogen-bond acceptors (Lipinski definition) is 3. The molecular weight excluding hydrogens is 270 g/mol. The van der Waals surface area contributed by atoms with Gasteiger partial charge in [0, 0.05) is 18.5 Å². The average molecular weight is 289 g/mol. The third kappa shape index (κ3) is 4.70. The molecule has 0 spiro atoms. The molecule has 0 atom stereocenters. The summed E-state index contributed by atoms with van der Waals surface area (Å²) in [5.74, 6) is 0.224. The molecule has 0 bridgehead atoms. The van der Waals surface area contributed by atoms with Crippen LogP contribution in [-0.2, 0) is 9.84 Å². The zero-order valence-corrected chi connectivity index (χ0v) is 12.4. The van der Waals surface area contributed by atoms with Gasteiger partial charge >= 0.3 is 0 Å². The molecule has 2 rings (SSSR count). The average Bonchev–Trinajstić information content (AvgIpc) is 2.44. The van der Waals surface area contributed by atoms with Crippen LogP contribution in [0.2, 0.25) is 0 Å². The summed E-state index contributed by atoms with van der Waals surface area (Å²) in [4.78, 5) is 0. The van der Waals surface area contributed by atoms with Crippen molar-refractivity contribution in [2.24, 2.45) is 0 Å². The van der Waals surface area contributed by atoms with Crippen molar-refractivity contribution < 1.29 is 8.42 Å². The highest BCUT2D eigenvalue weighted by Gasteiger charge is 2.01. The van der Waals surface area contributed by atoms with E-state index in [0.29, 0.717) is 13.0 Å². The van der Waals surface area contributed by atoms with Gasteiger partial charge in [0.25, 0.3) is 0 Å².